The minimum Gasteiger partial charge on any atom is -0.459 e. The SMILES string of the molecule is Cc1ccc(-c2nccs2)o1. The van der Waals surface area contributed by atoms with Gasteiger partial charge in [0.15, 0.2) is 10.8 Å². The Balaban J connectivity index is 2.45. The van der Waals surface area contributed by atoms with Gasteiger partial charge >= 0.3 is 0 Å². The molecule has 0 aliphatic rings. The predicted molar refractivity (Wildman–Crippen MR) is 44.6 cm³/mol. The number of hydrogen-bond donors (Lipinski definition) is 0. The van der Waals surface area contributed by atoms with Crippen molar-refractivity contribution in [3.63, 3.8) is 0 Å². The van der Waals surface area contributed by atoms with Crippen LogP contribution in [0.15, 0.2) is 28.1 Å². The highest BCUT2D eigenvalue weighted by molar-refractivity contribution is 7.13. The van der Waals surface area contributed by atoms with Crippen molar-refractivity contribution >= 4 is 11.3 Å². The Morgan fingerprint density at radius 1 is 1.45 bits per heavy atom. The summed E-state index contributed by atoms with van der Waals surface area (Å²) in [5.41, 5.74) is 0. The van der Waals surface area contributed by atoms with Crippen LogP contribution in [0.3, 0.4) is 0 Å². The second-order valence-corrected chi connectivity index (χ2v) is 3.14. The van der Waals surface area contributed by atoms with Crippen LogP contribution in [0.5, 0.6) is 0 Å². The van der Waals surface area contributed by atoms with E-state index < -0.39 is 0 Å². The van der Waals surface area contributed by atoms with Crippen molar-refractivity contribution in [3.05, 3.63) is 29.5 Å². The maximum Gasteiger partial charge on any atom is 0.162 e. The van der Waals surface area contributed by atoms with E-state index in [1.54, 1.807) is 17.5 Å². The molecule has 0 N–H and O–H groups in total. The molecule has 0 atom stereocenters. The van der Waals surface area contributed by atoms with Gasteiger partial charge in [0, 0.05) is 11.6 Å². The van der Waals surface area contributed by atoms with Gasteiger partial charge in [-0.2, -0.15) is 0 Å². The van der Waals surface area contributed by atoms with Gasteiger partial charge < -0.3 is 4.42 Å². The van der Waals surface area contributed by atoms with E-state index in [0.29, 0.717) is 0 Å². The lowest BCUT2D eigenvalue weighted by atomic mass is 10.4. The Hall–Kier alpha value is -1.09. The van der Waals surface area contributed by atoms with E-state index in [-0.39, 0.29) is 0 Å². The number of nitrogens with zero attached hydrogens (tertiary/aromatic N) is 1. The van der Waals surface area contributed by atoms with Crippen molar-refractivity contribution in [2.24, 2.45) is 0 Å². The standard InChI is InChI=1S/C8H7NOS/c1-6-2-3-7(10-6)8-9-4-5-11-8/h2-5H,1H3. The van der Waals surface area contributed by atoms with Crippen molar-refractivity contribution in [1.29, 1.82) is 0 Å². The smallest absolute Gasteiger partial charge is 0.162 e. The lowest BCUT2D eigenvalue weighted by molar-refractivity contribution is 0.548. The van der Waals surface area contributed by atoms with Crippen LogP contribution in [0, 0.1) is 6.92 Å². The number of aryl methyl sites for hydroxylation is 1. The van der Waals surface area contributed by atoms with Crippen LogP contribution in [-0.2, 0) is 0 Å². The molecular formula is C8H7NOS. The lowest BCUT2D eigenvalue weighted by Crippen LogP contribution is -1.66. The second-order valence-electron chi connectivity index (χ2n) is 2.25. The van der Waals surface area contributed by atoms with Crippen LogP contribution >= 0.6 is 11.3 Å². The zero-order valence-electron chi connectivity index (χ0n) is 6.07. The van der Waals surface area contributed by atoms with Gasteiger partial charge in [-0.05, 0) is 19.1 Å². The molecule has 0 saturated carbocycles. The average molecular weight is 165 g/mol. The van der Waals surface area contributed by atoms with Crippen LogP contribution < -0.4 is 0 Å². The van der Waals surface area contributed by atoms with Gasteiger partial charge in [0.2, 0.25) is 0 Å². The molecule has 2 aromatic rings. The van der Waals surface area contributed by atoms with E-state index in [2.05, 4.69) is 4.98 Å². The van der Waals surface area contributed by atoms with Crippen LogP contribution in [0.4, 0.5) is 0 Å². The summed E-state index contributed by atoms with van der Waals surface area (Å²) in [6.45, 7) is 1.93. The summed E-state index contributed by atoms with van der Waals surface area (Å²) < 4.78 is 5.38. The molecular weight excluding hydrogens is 158 g/mol. The predicted octanol–water partition coefficient (Wildman–Crippen LogP) is 2.71. The van der Waals surface area contributed by atoms with Gasteiger partial charge in [-0.15, -0.1) is 11.3 Å². The quantitative estimate of drug-likeness (QED) is 0.649. The molecule has 3 heteroatoms. The zero-order valence-corrected chi connectivity index (χ0v) is 6.89. The molecule has 2 heterocycles. The van der Waals surface area contributed by atoms with Gasteiger partial charge in [0.1, 0.15) is 5.76 Å². The highest BCUT2D eigenvalue weighted by Crippen LogP contribution is 2.23. The minimum absolute atomic E-state index is 0.859. The maximum absolute atomic E-state index is 5.38. The molecule has 11 heavy (non-hydrogen) atoms. The summed E-state index contributed by atoms with van der Waals surface area (Å²) in [5.74, 6) is 1.78. The van der Waals surface area contributed by atoms with Crippen molar-refractivity contribution in [2.45, 2.75) is 6.92 Å². The van der Waals surface area contributed by atoms with Crippen molar-refractivity contribution in [3.8, 4) is 10.8 Å². The summed E-state index contributed by atoms with van der Waals surface area (Å²) >= 11 is 1.58. The fourth-order valence-corrected chi connectivity index (χ4v) is 1.49. The summed E-state index contributed by atoms with van der Waals surface area (Å²) in [4.78, 5) is 4.12. The summed E-state index contributed by atoms with van der Waals surface area (Å²) in [6, 6.07) is 3.88. The highest BCUT2D eigenvalue weighted by Gasteiger charge is 2.02. The average Bonchev–Trinajstić information content (AvgIpc) is 2.55. The monoisotopic (exact) mass is 165 g/mol. The molecule has 0 fully saturated rings. The molecule has 0 saturated heterocycles. The van der Waals surface area contributed by atoms with Gasteiger partial charge in [0.25, 0.3) is 0 Å². The van der Waals surface area contributed by atoms with Crippen molar-refractivity contribution in [1.82, 2.24) is 4.98 Å². The molecule has 2 rings (SSSR count). The fraction of sp³-hybridized carbons (Fsp3) is 0.125. The zero-order chi connectivity index (χ0) is 7.68. The Bertz CT molecular complexity index is 337. The number of thiazole rings is 1. The summed E-state index contributed by atoms with van der Waals surface area (Å²) in [6.07, 6.45) is 1.78. The van der Waals surface area contributed by atoms with E-state index in [1.165, 1.54) is 0 Å². The van der Waals surface area contributed by atoms with Gasteiger partial charge in [0.05, 0.1) is 0 Å². The fourth-order valence-electron chi connectivity index (χ4n) is 0.895. The van der Waals surface area contributed by atoms with Crippen LogP contribution in [0.1, 0.15) is 5.76 Å². The molecule has 0 radical (unpaired) electrons. The van der Waals surface area contributed by atoms with E-state index >= 15 is 0 Å². The molecule has 0 aliphatic heterocycles. The largest absolute Gasteiger partial charge is 0.459 e. The Morgan fingerprint density at radius 3 is 2.91 bits per heavy atom. The second kappa shape index (κ2) is 2.51. The van der Waals surface area contributed by atoms with Crippen molar-refractivity contribution in [2.75, 3.05) is 0 Å². The third-order valence-corrected chi connectivity index (χ3v) is 2.17. The highest BCUT2D eigenvalue weighted by atomic mass is 32.1. The normalized spacial score (nSPS) is 10.3. The molecule has 56 valence electrons. The van der Waals surface area contributed by atoms with E-state index in [9.17, 15) is 0 Å². The molecule has 2 aromatic heterocycles. The number of furan rings is 1. The number of rotatable bonds is 1. The minimum atomic E-state index is 0.859. The molecule has 0 amide bonds. The molecule has 0 aromatic carbocycles. The number of aromatic nitrogens is 1. The summed E-state index contributed by atoms with van der Waals surface area (Å²) in [5, 5.41) is 2.88. The van der Waals surface area contributed by atoms with Gasteiger partial charge in [-0.25, -0.2) is 4.98 Å². The Kier molecular flexibility index (Phi) is 1.51. The van der Waals surface area contributed by atoms with Gasteiger partial charge in [-0.3, -0.25) is 0 Å². The van der Waals surface area contributed by atoms with Crippen molar-refractivity contribution < 1.29 is 4.42 Å². The molecule has 2 nitrogen and oxygen atoms in total. The molecule has 0 bridgehead atoms. The molecule has 0 unspecified atom stereocenters. The first kappa shape index (κ1) is 6.61. The lowest BCUT2D eigenvalue weighted by Gasteiger charge is -1.85. The first-order valence-corrected chi connectivity index (χ1v) is 4.20. The molecule has 0 aliphatic carbocycles. The first-order valence-electron chi connectivity index (χ1n) is 3.32. The van der Waals surface area contributed by atoms with Crippen LogP contribution in [0.2, 0.25) is 0 Å². The van der Waals surface area contributed by atoms with Gasteiger partial charge in [-0.1, -0.05) is 0 Å². The third-order valence-electron chi connectivity index (χ3n) is 1.38. The number of hydrogen-bond acceptors (Lipinski definition) is 3. The third kappa shape index (κ3) is 1.19. The van der Waals surface area contributed by atoms with E-state index in [4.69, 9.17) is 4.42 Å². The Morgan fingerprint density at radius 2 is 2.36 bits per heavy atom. The maximum atomic E-state index is 5.38. The first-order chi connectivity index (χ1) is 5.36. The Labute approximate surface area is 68.5 Å². The molecule has 0 spiro atoms. The van der Waals surface area contributed by atoms with Crippen LogP contribution in [0.25, 0.3) is 10.8 Å². The van der Waals surface area contributed by atoms with E-state index in [0.717, 1.165) is 16.5 Å². The topological polar surface area (TPSA) is 26.0 Å². The summed E-state index contributed by atoms with van der Waals surface area (Å²) in [7, 11) is 0. The van der Waals surface area contributed by atoms with E-state index in [1.807, 2.05) is 24.4 Å². The van der Waals surface area contributed by atoms with Crippen LogP contribution in [-0.4, -0.2) is 4.98 Å².